The van der Waals surface area contributed by atoms with Gasteiger partial charge in [0, 0.05) is 22.7 Å². The highest BCUT2D eigenvalue weighted by atomic mass is 32.2. The Kier molecular flexibility index (Phi) is 6.50. The van der Waals surface area contributed by atoms with E-state index < -0.39 is 0 Å². The fourth-order valence-corrected chi connectivity index (χ4v) is 4.37. The van der Waals surface area contributed by atoms with E-state index in [2.05, 4.69) is 22.8 Å². The molecule has 0 radical (unpaired) electrons. The Bertz CT molecular complexity index is 1030. The zero-order chi connectivity index (χ0) is 20.8. The molecular weight excluding hydrogens is 392 g/mol. The normalized spacial score (nSPS) is 12.3. The summed E-state index contributed by atoms with van der Waals surface area (Å²) in [6, 6.07) is 23.1. The average Bonchev–Trinajstić information content (AvgIpc) is 3.23. The average molecular weight is 417 g/mol. The summed E-state index contributed by atoms with van der Waals surface area (Å²) in [7, 11) is 0. The van der Waals surface area contributed by atoms with E-state index in [1.54, 1.807) is 11.8 Å². The van der Waals surface area contributed by atoms with Crippen LogP contribution in [0.2, 0.25) is 0 Å². The summed E-state index contributed by atoms with van der Waals surface area (Å²) in [5.74, 6) is 0.997. The van der Waals surface area contributed by atoms with Gasteiger partial charge in [-0.1, -0.05) is 36.4 Å². The molecule has 0 bridgehead atoms. The second-order valence-electron chi connectivity index (χ2n) is 7.40. The minimum atomic E-state index is -0.130. The molecule has 0 aliphatic heterocycles. The van der Waals surface area contributed by atoms with E-state index in [1.165, 1.54) is 17.5 Å². The van der Waals surface area contributed by atoms with Crippen molar-refractivity contribution >= 4 is 35.0 Å². The van der Waals surface area contributed by atoms with E-state index in [4.69, 9.17) is 0 Å². The van der Waals surface area contributed by atoms with Gasteiger partial charge in [-0.2, -0.15) is 0 Å². The molecule has 30 heavy (non-hydrogen) atoms. The van der Waals surface area contributed by atoms with Crippen LogP contribution in [-0.2, 0) is 23.4 Å². The molecule has 0 saturated heterocycles. The van der Waals surface area contributed by atoms with Crippen molar-refractivity contribution in [1.82, 2.24) is 0 Å². The van der Waals surface area contributed by atoms with E-state index in [-0.39, 0.29) is 11.8 Å². The van der Waals surface area contributed by atoms with Gasteiger partial charge in [-0.3, -0.25) is 9.59 Å². The molecule has 5 heteroatoms. The first-order chi connectivity index (χ1) is 14.7. The molecule has 0 atom stereocenters. The van der Waals surface area contributed by atoms with Gasteiger partial charge in [-0.25, -0.2) is 0 Å². The third-order valence-corrected chi connectivity index (χ3v) is 6.14. The van der Waals surface area contributed by atoms with Crippen molar-refractivity contribution in [3.8, 4) is 0 Å². The lowest BCUT2D eigenvalue weighted by Crippen LogP contribution is -2.14. The van der Waals surface area contributed by atoms with Crippen LogP contribution in [0.4, 0.5) is 11.4 Å². The van der Waals surface area contributed by atoms with Crippen LogP contribution in [0.3, 0.4) is 0 Å². The van der Waals surface area contributed by atoms with Crippen molar-refractivity contribution in [3.05, 3.63) is 95.1 Å². The van der Waals surface area contributed by atoms with Crippen LogP contribution < -0.4 is 10.6 Å². The molecule has 0 aromatic heterocycles. The fourth-order valence-electron chi connectivity index (χ4n) is 3.59. The molecule has 0 fully saturated rings. The number of anilines is 2. The summed E-state index contributed by atoms with van der Waals surface area (Å²) in [5.41, 5.74) is 6.12. The highest BCUT2D eigenvalue weighted by Gasteiger charge is 2.12. The molecule has 152 valence electrons. The lowest BCUT2D eigenvalue weighted by molar-refractivity contribution is -0.113. The highest BCUT2D eigenvalue weighted by Crippen LogP contribution is 2.25. The van der Waals surface area contributed by atoms with Gasteiger partial charge in [-0.05, 0) is 72.4 Å². The maximum absolute atomic E-state index is 12.3. The number of rotatable bonds is 7. The van der Waals surface area contributed by atoms with E-state index in [0.717, 1.165) is 35.5 Å². The molecule has 0 unspecified atom stereocenters. The maximum Gasteiger partial charge on any atom is 0.255 e. The summed E-state index contributed by atoms with van der Waals surface area (Å²) in [4.78, 5) is 24.5. The van der Waals surface area contributed by atoms with Gasteiger partial charge in [0.15, 0.2) is 0 Å². The second kappa shape index (κ2) is 9.63. The summed E-state index contributed by atoms with van der Waals surface area (Å²) in [6.45, 7) is 0. The number of amides is 2. The summed E-state index contributed by atoms with van der Waals surface area (Å²) in [6.07, 6.45) is 3.45. The SMILES string of the molecule is O=C(CSCc1ccc(C(=O)Nc2ccccc2)cc1)Nc1ccc2c(c1)CCC2. The Labute approximate surface area is 181 Å². The number of thioether (sulfide) groups is 1. The number of benzene rings is 3. The number of para-hydroxylation sites is 1. The van der Waals surface area contributed by atoms with Crippen LogP contribution in [-0.4, -0.2) is 17.6 Å². The molecule has 4 rings (SSSR count). The third kappa shape index (κ3) is 5.30. The number of hydrogen-bond acceptors (Lipinski definition) is 3. The van der Waals surface area contributed by atoms with Crippen LogP contribution in [0.1, 0.15) is 33.5 Å². The van der Waals surface area contributed by atoms with Crippen molar-refractivity contribution in [2.24, 2.45) is 0 Å². The maximum atomic E-state index is 12.3. The van der Waals surface area contributed by atoms with E-state index in [0.29, 0.717) is 11.3 Å². The Balaban J connectivity index is 1.23. The molecule has 1 aliphatic carbocycles. The fraction of sp³-hybridized carbons (Fsp3) is 0.200. The molecule has 0 saturated carbocycles. The number of fused-ring (bicyclic) bond motifs is 1. The Hall–Kier alpha value is -3.05. The molecule has 3 aromatic rings. The zero-order valence-corrected chi connectivity index (χ0v) is 17.5. The first kappa shape index (κ1) is 20.2. The zero-order valence-electron chi connectivity index (χ0n) is 16.7. The van der Waals surface area contributed by atoms with Crippen LogP contribution >= 0.6 is 11.8 Å². The van der Waals surface area contributed by atoms with Crippen LogP contribution in [0.25, 0.3) is 0 Å². The van der Waals surface area contributed by atoms with Gasteiger partial charge in [0.25, 0.3) is 5.91 Å². The molecule has 0 spiro atoms. The van der Waals surface area contributed by atoms with Crippen molar-refractivity contribution in [3.63, 3.8) is 0 Å². The number of carbonyl (C=O) groups excluding carboxylic acids is 2. The monoisotopic (exact) mass is 416 g/mol. The van der Waals surface area contributed by atoms with Crippen molar-refractivity contribution < 1.29 is 9.59 Å². The standard InChI is InChI=1S/C25H24N2O2S/c28-24(26-23-14-13-19-5-4-6-21(19)15-23)17-30-16-18-9-11-20(12-10-18)25(29)27-22-7-2-1-3-8-22/h1-3,7-15H,4-6,16-17H2,(H,26,28)(H,27,29). The Morgan fingerprint density at radius 1 is 0.800 bits per heavy atom. The first-order valence-corrected chi connectivity index (χ1v) is 11.3. The van der Waals surface area contributed by atoms with Gasteiger partial charge in [-0.15, -0.1) is 11.8 Å². The Morgan fingerprint density at radius 3 is 2.37 bits per heavy atom. The molecule has 2 amide bonds. The van der Waals surface area contributed by atoms with Gasteiger partial charge >= 0.3 is 0 Å². The topological polar surface area (TPSA) is 58.2 Å². The van der Waals surface area contributed by atoms with E-state index in [9.17, 15) is 9.59 Å². The van der Waals surface area contributed by atoms with E-state index in [1.807, 2.05) is 60.7 Å². The van der Waals surface area contributed by atoms with Gasteiger partial charge in [0.2, 0.25) is 5.91 Å². The largest absolute Gasteiger partial charge is 0.325 e. The molecule has 0 heterocycles. The van der Waals surface area contributed by atoms with Crippen LogP contribution in [0, 0.1) is 0 Å². The van der Waals surface area contributed by atoms with Crippen molar-refractivity contribution in [2.45, 2.75) is 25.0 Å². The predicted octanol–water partition coefficient (Wildman–Crippen LogP) is 5.30. The molecule has 1 aliphatic rings. The van der Waals surface area contributed by atoms with Crippen LogP contribution in [0.15, 0.2) is 72.8 Å². The number of hydrogen-bond donors (Lipinski definition) is 2. The molecule has 3 aromatic carbocycles. The highest BCUT2D eigenvalue weighted by molar-refractivity contribution is 7.99. The number of nitrogens with one attached hydrogen (secondary N) is 2. The summed E-state index contributed by atoms with van der Waals surface area (Å²) >= 11 is 1.56. The minimum absolute atomic E-state index is 0.0109. The summed E-state index contributed by atoms with van der Waals surface area (Å²) in [5, 5.41) is 5.87. The lowest BCUT2D eigenvalue weighted by atomic mass is 10.1. The van der Waals surface area contributed by atoms with Gasteiger partial charge in [0.05, 0.1) is 5.75 Å². The second-order valence-corrected chi connectivity index (χ2v) is 8.38. The quantitative estimate of drug-likeness (QED) is 0.549. The van der Waals surface area contributed by atoms with Crippen LogP contribution in [0.5, 0.6) is 0 Å². The third-order valence-electron chi connectivity index (χ3n) is 5.13. The molecule has 4 nitrogen and oxygen atoms in total. The van der Waals surface area contributed by atoms with Crippen molar-refractivity contribution in [2.75, 3.05) is 16.4 Å². The number of aryl methyl sites for hydroxylation is 2. The first-order valence-electron chi connectivity index (χ1n) is 10.1. The van der Waals surface area contributed by atoms with Gasteiger partial charge < -0.3 is 10.6 Å². The minimum Gasteiger partial charge on any atom is -0.325 e. The summed E-state index contributed by atoms with van der Waals surface area (Å²) < 4.78 is 0. The van der Waals surface area contributed by atoms with Crippen molar-refractivity contribution in [1.29, 1.82) is 0 Å². The lowest BCUT2D eigenvalue weighted by Gasteiger charge is -2.08. The van der Waals surface area contributed by atoms with E-state index >= 15 is 0 Å². The molecule has 2 N–H and O–H groups in total. The smallest absolute Gasteiger partial charge is 0.255 e. The number of carbonyl (C=O) groups is 2. The Morgan fingerprint density at radius 2 is 1.57 bits per heavy atom. The predicted molar refractivity (Wildman–Crippen MR) is 124 cm³/mol. The van der Waals surface area contributed by atoms with Gasteiger partial charge in [0.1, 0.15) is 0 Å². The molecular formula is C25H24N2O2S.